The Kier molecular flexibility index (Phi) is 6.60. The first-order valence-electron chi connectivity index (χ1n) is 12.2. The van der Waals surface area contributed by atoms with Gasteiger partial charge in [0, 0.05) is 30.1 Å². The topological polar surface area (TPSA) is 64.8 Å². The van der Waals surface area contributed by atoms with Gasteiger partial charge in [-0.25, -0.2) is 4.79 Å². The van der Waals surface area contributed by atoms with Crippen LogP contribution < -0.4 is 0 Å². The molecule has 184 valence electrons. The molecule has 6 nitrogen and oxygen atoms in total. The highest BCUT2D eigenvalue weighted by Gasteiger charge is 2.41. The molecular weight excluding hydrogens is 475 g/mol. The zero-order valence-electron chi connectivity index (χ0n) is 20.0. The predicted molar refractivity (Wildman–Crippen MR) is 131 cm³/mol. The summed E-state index contributed by atoms with van der Waals surface area (Å²) in [4.78, 5) is 14.4. The van der Waals surface area contributed by atoms with Crippen LogP contribution in [0.2, 0.25) is 10.0 Å². The minimum atomic E-state index is -0.476. The van der Waals surface area contributed by atoms with Crippen LogP contribution in [-0.4, -0.2) is 40.9 Å². The number of hydrogen-bond acceptors (Lipinski definition) is 5. The van der Waals surface area contributed by atoms with Gasteiger partial charge in [-0.2, -0.15) is 0 Å². The van der Waals surface area contributed by atoms with E-state index in [1.54, 1.807) is 0 Å². The van der Waals surface area contributed by atoms with Crippen LogP contribution in [0.4, 0.5) is 4.79 Å². The molecule has 2 aliphatic carbocycles. The Morgan fingerprint density at radius 1 is 1.12 bits per heavy atom. The monoisotopic (exact) mass is 506 g/mol. The molecule has 1 aromatic heterocycles. The van der Waals surface area contributed by atoms with E-state index in [9.17, 15) is 4.79 Å². The second-order valence-electron chi connectivity index (χ2n) is 10.9. The molecule has 2 unspecified atom stereocenters. The Balaban J connectivity index is 1.26. The van der Waals surface area contributed by atoms with Crippen molar-refractivity contribution in [2.45, 2.75) is 77.1 Å². The van der Waals surface area contributed by atoms with Crippen molar-refractivity contribution in [3.05, 3.63) is 39.6 Å². The number of aromatic nitrogens is 1. The van der Waals surface area contributed by atoms with Crippen LogP contribution in [0.25, 0.3) is 11.3 Å². The van der Waals surface area contributed by atoms with Crippen LogP contribution >= 0.6 is 23.2 Å². The molecule has 0 bridgehead atoms. The molecule has 34 heavy (non-hydrogen) atoms. The molecule has 2 aromatic rings. The highest BCUT2D eigenvalue weighted by molar-refractivity contribution is 6.39. The average molecular weight is 507 g/mol. The lowest BCUT2D eigenvalue weighted by Gasteiger charge is -2.30. The minimum absolute atomic E-state index is 0.136. The number of hydrogen-bond donors (Lipinski definition) is 0. The third kappa shape index (κ3) is 5.09. The van der Waals surface area contributed by atoms with Crippen molar-refractivity contribution in [2.75, 3.05) is 13.1 Å². The van der Waals surface area contributed by atoms with E-state index in [4.69, 9.17) is 37.2 Å². The van der Waals surface area contributed by atoms with Crippen LogP contribution in [0.5, 0.6) is 0 Å². The number of fused-ring (bicyclic) bond motifs is 1. The lowest BCUT2D eigenvalue weighted by atomic mass is 9.80. The van der Waals surface area contributed by atoms with E-state index in [1.807, 2.05) is 43.9 Å². The lowest BCUT2D eigenvalue weighted by Crippen LogP contribution is -2.35. The first-order chi connectivity index (χ1) is 16.2. The number of nitrogens with zero attached hydrogens (tertiary/aromatic N) is 2. The maximum Gasteiger partial charge on any atom is 0.410 e. The number of carbonyl (C=O) groups is 1. The largest absolute Gasteiger partial charge is 0.444 e. The lowest BCUT2D eigenvalue weighted by molar-refractivity contribution is -0.00524. The molecule has 0 N–H and O–H groups in total. The number of benzene rings is 1. The summed E-state index contributed by atoms with van der Waals surface area (Å²) < 4.78 is 17.8. The standard InChI is InChI=1S/C26H32Cl2N2O4/c1-26(2,3)33-25(31)30-12-16-9-10-18(11-17(16)13-30)32-14-19-23(29-34-24(19)15-7-8-15)22-20(27)5-4-6-21(22)28/h4-6,15-18H,7-14H2,1-3H3/t16?,17?,18-/m1/s1. The third-order valence-corrected chi connectivity index (χ3v) is 7.71. The summed E-state index contributed by atoms with van der Waals surface area (Å²) in [6, 6.07) is 5.46. The highest BCUT2D eigenvalue weighted by Crippen LogP contribution is 2.46. The Bertz CT molecular complexity index is 1040. The molecule has 1 amide bonds. The Morgan fingerprint density at radius 3 is 2.50 bits per heavy atom. The van der Waals surface area contributed by atoms with Crippen molar-refractivity contribution in [1.82, 2.24) is 10.1 Å². The maximum atomic E-state index is 12.5. The molecule has 2 saturated carbocycles. The molecule has 0 spiro atoms. The summed E-state index contributed by atoms with van der Waals surface area (Å²) in [5.41, 5.74) is 1.87. The maximum absolute atomic E-state index is 12.5. The molecule has 2 heterocycles. The van der Waals surface area contributed by atoms with Crippen molar-refractivity contribution in [2.24, 2.45) is 11.8 Å². The van der Waals surface area contributed by atoms with Gasteiger partial charge in [0.1, 0.15) is 17.1 Å². The van der Waals surface area contributed by atoms with Crippen LogP contribution in [0.15, 0.2) is 22.7 Å². The molecule has 1 aliphatic heterocycles. The fourth-order valence-electron chi connectivity index (χ4n) is 5.26. The van der Waals surface area contributed by atoms with Gasteiger partial charge in [-0.15, -0.1) is 0 Å². The minimum Gasteiger partial charge on any atom is -0.444 e. The van der Waals surface area contributed by atoms with Crippen molar-refractivity contribution >= 4 is 29.3 Å². The zero-order valence-corrected chi connectivity index (χ0v) is 21.5. The molecule has 8 heteroatoms. The first-order valence-corrected chi connectivity index (χ1v) is 13.0. The second kappa shape index (κ2) is 9.36. The van der Waals surface area contributed by atoms with Crippen molar-refractivity contribution in [3.8, 4) is 11.3 Å². The smallest absolute Gasteiger partial charge is 0.410 e. The van der Waals surface area contributed by atoms with Crippen LogP contribution in [0.1, 0.15) is 70.1 Å². The van der Waals surface area contributed by atoms with Crippen LogP contribution in [-0.2, 0) is 16.1 Å². The molecule has 3 atom stereocenters. The van der Waals surface area contributed by atoms with E-state index < -0.39 is 5.60 Å². The van der Waals surface area contributed by atoms with Gasteiger partial charge in [-0.1, -0.05) is 34.4 Å². The van der Waals surface area contributed by atoms with Gasteiger partial charge in [-0.05, 0) is 76.8 Å². The van der Waals surface area contributed by atoms with E-state index in [0.717, 1.165) is 56.5 Å². The Morgan fingerprint density at radius 2 is 1.82 bits per heavy atom. The van der Waals surface area contributed by atoms with E-state index in [0.29, 0.717) is 45.7 Å². The van der Waals surface area contributed by atoms with Gasteiger partial charge in [0.05, 0.1) is 22.8 Å². The number of rotatable bonds is 5. The fourth-order valence-corrected chi connectivity index (χ4v) is 5.84. The molecule has 3 fully saturated rings. The quantitative estimate of drug-likeness (QED) is 0.433. The summed E-state index contributed by atoms with van der Waals surface area (Å²) in [6.07, 6.45) is 5.11. The van der Waals surface area contributed by atoms with Crippen molar-refractivity contribution in [3.63, 3.8) is 0 Å². The molecule has 5 rings (SSSR count). The number of likely N-dealkylation sites (tertiary alicyclic amines) is 1. The van der Waals surface area contributed by atoms with Gasteiger partial charge in [0.25, 0.3) is 0 Å². The van der Waals surface area contributed by atoms with Gasteiger partial charge < -0.3 is 18.9 Å². The normalized spacial score (nSPS) is 24.9. The summed E-state index contributed by atoms with van der Waals surface area (Å²) in [7, 11) is 0. The van der Waals surface area contributed by atoms with Crippen LogP contribution in [0, 0.1) is 11.8 Å². The number of carbonyl (C=O) groups excluding carboxylic acids is 1. The van der Waals surface area contributed by atoms with Gasteiger partial charge in [0.15, 0.2) is 0 Å². The van der Waals surface area contributed by atoms with Gasteiger partial charge >= 0.3 is 6.09 Å². The average Bonchev–Trinajstić information content (AvgIpc) is 3.38. The molecule has 0 radical (unpaired) electrons. The summed E-state index contributed by atoms with van der Waals surface area (Å²) in [6.45, 7) is 7.65. The van der Waals surface area contributed by atoms with E-state index in [2.05, 4.69) is 5.16 Å². The SMILES string of the molecule is CC(C)(C)OC(=O)N1CC2CC[C@@H](OCc3c(-c4c(Cl)cccc4Cl)noc3C3CC3)CC2C1. The summed E-state index contributed by atoms with van der Waals surface area (Å²) >= 11 is 13.0. The third-order valence-electron chi connectivity index (χ3n) is 7.08. The Labute approximate surface area is 210 Å². The number of halogens is 2. The second-order valence-corrected chi connectivity index (χ2v) is 11.7. The van der Waals surface area contributed by atoms with E-state index in [-0.39, 0.29) is 12.2 Å². The zero-order chi connectivity index (χ0) is 24.0. The fraction of sp³-hybridized carbons (Fsp3) is 0.615. The molecule has 1 aromatic carbocycles. The predicted octanol–water partition coefficient (Wildman–Crippen LogP) is 7.08. The molecule has 1 saturated heterocycles. The first kappa shape index (κ1) is 24.0. The van der Waals surface area contributed by atoms with Gasteiger partial charge in [-0.3, -0.25) is 0 Å². The highest BCUT2D eigenvalue weighted by atomic mass is 35.5. The van der Waals surface area contributed by atoms with Gasteiger partial charge in [0.2, 0.25) is 0 Å². The summed E-state index contributed by atoms with van der Waals surface area (Å²) in [5, 5.41) is 5.47. The number of amides is 1. The van der Waals surface area contributed by atoms with Crippen molar-refractivity contribution in [1.29, 1.82) is 0 Å². The molecule has 3 aliphatic rings. The molecular formula is C26H32Cl2N2O4. The van der Waals surface area contributed by atoms with E-state index >= 15 is 0 Å². The number of ether oxygens (including phenoxy) is 2. The Hall–Kier alpha value is -1.76. The van der Waals surface area contributed by atoms with Crippen LogP contribution in [0.3, 0.4) is 0 Å². The van der Waals surface area contributed by atoms with E-state index in [1.165, 1.54) is 0 Å². The van der Waals surface area contributed by atoms with Crippen molar-refractivity contribution < 1.29 is 18.8 Å². The summed E-state index contributed by atoms with van der Waals surface area (Å²) in [5.74, 6) is 2.25.